The molecule has 6 heteroatoms. The summed E-state index contributed by atoms with van der Waals surface area (Å²) in [5.41, 5.74) is 0.869. The number of ether oxygens (including phenoxy) is 1. The number of hydrogen-bond acceptors (Lipinski definition) is 4. The summed E-state index contributed by atoms with van der Waals surface area (Å²) in [7, 11) is 1.85. The van der Waals surface area contributed by atoms with Crippen molar-refractivity contribution in [3.05, 3.63) is 62.6 Å². The Morgan fingerprint density at radius 2 is 1.95 bits per heavy atom. The van der Waals surface area contributed by atoms with Gasteiger partial charge in [-0.2, -0.15) is 0 Å². The fourth-order valence-electron chi connectivity index (χ4n) is 1.92. The van der Waals surface area contributed by atoms with Crippen LogP contribution in [0.25, 0.3) is 0 Å². The summed E-state index contributed by atoms with van der Waals surface area (Å²) in [5, 5.41) is 14.2. The second-order valence-corrected chi connectivity index (χ2v) is 5.44. The second kappa shape index (κ2) is 6.69. The molecule has 0 radical (unpaired) electrons. The summed E-state index contributed by atoms with van der Waals surface area (Å²) in [5.74, 6) is 0.823. The normalized spacial score (nSPS) is 12.0. The van der Waals surface area contributed by atoms with Gasteiger partial charge in [-0.3, -0.25) is 10.1 Å². The summed E-state index contributed by atoms with van der Waals surface area (Å²) in [6.45, 7) is 1.99. The minimum atomic E-state index is -0.449. The van der Waals surface area contributed by atoms with Crippen molar-refractivity contribution in [2.45, 2.75) is 13.0 Å². The van der Waals surface area contributed by atoms with E-state index < -0.39 is 4.92 Å². The second-order valence-electron chi connectivity index (χ2n) is 4.52. The third-order valence-electron chi connectivity index (χ3n) is 3.15. The number of nitrogens with zero attached hydrogens (tertiary/aromatic N) is 1. The zero-order valence-electron chi connectivity index (χ0n) is 11.7. The molecule has 1 atom stereocenters. The highest BCUT2D eigenvalue weighted by molar-refractivity contribution is 9.10. The molecule has 0 heterocycles. The van der Waals surface area contributed by atoms with E-state index in [1.54, 1.807) is 24.3 Å². The van der Waals surface area contributed by atoms with Crippen LogP contribution in [0.2, 0.25) is 0 Å². The molecule has 0 saturated carbocycles. The summed E-state index contributed by atoms with van der Waals surface area (Å²) >= 11 is 3.43. The van der Waals surface area contributed by atoms with Gasteiger partial charge in [0.2, 0.25) is 5.75 Å². The van der Waals surface area contributed by atoms with Crippen LogP contribution < -0.4 is 10.1 Å². The first-order valence-electron chi connectivity index (χ1n) is 6.41. The molecule has 21 heavy (non-hydrogen) atoms. The molecule has 0 bridgehead atoms. The molecular formula is C15H15BrN2O3. The zero-order valence-corrected chi connectivity index (χ0v) is 13.3. The molecule has 110 valence electrons. The van der Waals surface area contributed by atoms with Crippen LogP contribution in [0.3, 0.4) is 0 Å². The van der Waals surface area contributed by atoms with Crippen LogP contribution in [-0.4, -0.2) is 12.0 Å². The van der Waals surface area contributed by atoms with E-state index in [4.69, 9.17) is 4.74 Å². The summed E-state index contributed by atoms with van der Waals surface area (Å²) in [4.78, 5) is 10.6. The predicted octanol–water partition coefficient (Wildman–Crippen LogP) is 4.43. The van der Waals surface area contributed by atoms with E-state index in [2.05, 4.69) is 21.2 Å². The Bertz CT molecular complexity index is 661. The standard InChI is InChI=1S/C15H15BrN2O3/c1-10(17-2)12-9-11(16)7-8-14(12)21-15-6-4-3-5-13(15)18(19)20/h3-10,17H,1-2H3. The topological polar surface area (TPSA) is 64.4 Å². The summed E-state index contributed by atoms with van der Waals surface area (Å²) in [6.07, 6.45) is 0. The Morgan fingerprint density at radius 3 is 2.62 bits per heavy atom. The first kappa shape index (κ1) is 15.5. The SMILES string of the molecule is CNC(C)c1cc(Br)ccc1Oc1ccccc1[N+](=O)[O-]. The van der Waals surface area contributed by atoms with Crippen molar-refractivity contribution in [2.75, 3.05) is 7.05 Å². The number of nitro groups is 1. The lowest BCUT2D eigenvalue weighted by atomic mass is 10.1. The lowest BCUT2D eigenvalue weighted by molar-refractivity contribution is -0.385. The van der Waals surface area contributed by atoms with Gasteiger partial charge < -0.3 is 10.1 Å². The first-order valence-corrected chi connectivity index (χ1v) is 7.20. The molecule has 1 unspecified atom stereocenters. The Kier molecular flexibility index (Phi) is 4.93. The minimum absolute atomic E-state index is 0.0523. The summed E-state index contributed by atoms with van der Waals surface area (Å²) in [6, 6.07) is 12.0. The van der Waals surface area contributed by atoms with Crippen LogP contribution in [0, 0.1) is 10.1 Å². The average molecular weight is 351 g/mol. The number of hydrogen-bond donors (Lipinski definition) is 1. The van der Waals surface area contributed by atoms with Gasteiger partial charge in [-0.15, -0.1) is 0 Å². The number of benzene rings is 2. The highest BCUT2D eigenvalue weighted by atomic mass is 79.9. The van der Waals surface area contributed by atoms with Gasteiger partial charge in [0.1, 0.15) is 5.75 Å². The van der Waals surface area contributed by atoms with E-state index >= 15 is 0 Å². The fourth-order valence-corrected chi connectivity index (χ4v) is 2.30. The zero-order chi connectivity index (χ0) is 15.4. The number of para-hydroxylation sites is 2. The van der Waals surface area contributed by atoms with Gasteiger partial charge >= 0.3 is 5.69 Å². The Hall–Kier alpha value is -1.92. The largest absolute Gasteiger partial charge is 0.450 e. The van der Waals surface area contributed by atoms with Gasteiger partial charge in [0.05, 0.1) is 4.92 Å². The molecule has 0 aromatic heterocycles. The monoisotopic (exact) mass is 350 g/mol. The van der Waals surface area contributed by atoms with Crippen LogP contribution >= 0.6 is 15.9 Å². The van der Waals surface area contributed by atoms with Gasteiger partial charge in [0, 0.05) is 22.1 Å². The van der Waals surface area contributed by atoms with E-state index in [0.717, 1.165) is 10.0 Å². The van der Waals surface area contributed by atoms with Gasteiger partial charge in [0.25, 0.3) is 0 Å². The van der Waals surface area contributed by atoms with Gasteiger partial charge in [-0.25, -0.2) is 0 Å². The van der Waals surface area contributed by atoms with E-state index in [9.17, 15) is 10.1 Å². The maximum absolute atomic E-state index is 11.0. The lowest BCUT2D eigenvalue weighted by Crippen LogP contribution is -2.13. The number of nitrogens with one attached hydrogen (secondary N) is 1. The molecule has 0 fully saturated rings. The molecule has 2 aromatic carbocycles. The van der Waals surface area contributed by atoms with E-state index in [0.29, 0.717) is 5.75 Å². The smallest absolute Gasteiger partial charge is 0.311 e. The molecule has 5 nitrogen and oxygen atoms in total. The van der Waals surface area contributed by atoms with Gasteiger partial charge in [0.15, 0.2) is 0 Å². The molecule has 2 aromatic rings. The van der Waals surface area contributed by atoms with Crippen molar-refractivity contribution in [3.63, 3.8) is 0 Å². The van der Waals surface area contributed by atoms with Crippen LogP contribution in [-0.2, 0) is 0 Å². The predicted molar refractivity (Wildman–Crippen MR) is 84.8 cm³/mol. The van der Waals surface area contributed by atoms with E-state index in [1.807, 2.05) is 26.1 Å². The molecule has 2 rings (SSSR count). The van der Waals surface area contributed by atoms with E-state index in [1.165, 1.54) is 6.07 Å². The van der Waals surface area contributed by atoms with Crippen LogP contribution in [0.1, 0.15) is 18.5 Å². The van der Waals surface area contributed by atoms with Crippen LogP contribution in [0.4, 0.5) is 5.69 Å². The molecule has 0 aliphatic heterocycles. The third kappa shape index (κ3) is 3.59. The quantitative estimate of drug-likeness (QED) is 0.639. The molecule has 0 aliphatic rings. The fraction of sp³-hybridized carbons (Fsp3) is 0.200. The number of rotatable bonds is 5. The van der Waals surface area contributed by atoms with Crippen LogP contribution in [0.5, 0.6) is 11.5 Å². The first-order chi connectivity index (χ1) is 10.0. The molecular weight excluding hydrogens is 336 g/mol. The maximum atomic E-state index is 11.0. The lowest BCUT2D eigenvalue weighted by Gasteiger charge is -2.16. The van der Waals surface area contributed by atoms with Gasteiger partial charge in [-0.05, 0) is 38.2 Å². The summed E-state index contributed by atoms with van der Waals surface area (Å²) < 4.78 is 6.70. The Morgan fingerprint density at radius 1 is 1.24 bits per heavy atom. The van der Waals surface area contributed by atoms with Crippen molar-refractivity contribution >= 4 is 21.6 Å². The molecule has 0 spiro atoms. The Labute approximate surface area is 131 Å². The molecule has 0 amide bonds. The number of nitro benzene ring substituents is 1. The molecule has 0 saturated heterocycles. The van der Waals surface area contributed by atoms with Crippen molar-refractivity contribution in [3.8, 4) is 11.5 Å². The Balaban J connectivity index is 2.43. The van der Waals surface area contributed by atoms with Crippen molar-refractivity contribution in [1.82, 2.24) is 5.32 Å². The molecule has 1 N–H and O–H groups in total. The third-order valence-corrected chi connectivity index (χ3v) is 3.65. The molecule has 0 aliphatic carbocycles. The highest BCUT2D eigenvalue weighted by Gasteiger charge is 2.17. The minimum Gasteiger partial charge on any atom is -0.450 e. The highest BCUT2D eigenvalue weighted by Crippen LogP contribution is 2.35. The van der Waals surface area contributed by atoms with Crippen LogP contribution in [0.15, 0.2) is 46.9 Å². The van der Waals surface area contributed by atoms with Crippen molar-refractivity contribution in [1.29, 1.82) is 0 Å². The van der Waals surface area contributed by atoms with Crippen molar-refractivity contribution in [2.24, 2.45) is 0 Å². The van der Waals surface area contributed by atoms with E-state index in [-0.39, 0.29) is 17.5 Å². The maximum Gasteiger partial charge on any atom is 0.311 e. The van der Waals surface area contributed by atoms with Crippen molar-refractivity contribution < 1.29 is 9.66 Å². The van der Waals surface area contributed by atoms with Gasteiger partial charge in [-0.1, -0.05) is 28.1 Å². The number of halogens is 1. The average Bonchev–Trinajstić information content (AvgIpc) is 2.48.